The van der Waals surface area contributed by atoms with Crippen LogP contribution in [0.2, 0.25) is 0 Å². The molecule has 1 fully saturated rings. The molecule has 2 aromatic carbocycles. The van der Waals surface area contributed by atoms with Gasteiger partial charge >= 0.3 is 13.2 Å². The third-order valence-electron chi connectivity index (χ3n) is 6.10. The summed E-state index contributed by atoms with van der Waals surface area (Å²) < 4.78 is 32.5. The maximum atomic E-state index is 14.5. The molecule has 0 spiro atoms. The highest BCUT2D eigenvalue weighted by atomic mass is 19.1. The highest BCUT2D eigenvalue weighted by molar-refractivity contribution is 6.62. The molecule has 0 unspecified atom stereocenters. The molecule has 1 amide bonds. The molecule has 172 valence electrons. The van der Waals surface area contributed by atoms with Gasteiger partial charge in [-0.25, -0.2) is 9.18 Å². The number of amides is 1. The number of hydrogen-bond acceptors (Lipinski definition) is 4. The molecular weight excluding hydrogens is 408 g/mol. The van der Waals surface area contributed by atoms with E-state index in [0.29, 0.717) is 17.7 Å². The Kier molecular flexibility index (Phi) is 6.46. The smallest absolute Gasteiger partial charge is 0.444 e. The first kappa shape index (κ1) is 24.3. The summed E-state index contributed by atoms with van der Waals surface area (Å²) in [6.45, 7) is 15.3. The number of hydrogen-bond donors (Lipinski definition) is 1. The van der Waals surface area contributed by atoms with E-state index in [2.05, 4.69) is 5.32 Å². The van der Waals surface area contributed by atoms with Crippen LogP contribution < -0.4 is 10.8 Å². The number of nitrogens with one attached hydrogen (secondary N) is 1. The van der Waals surface area contributed by atoms with E-state index < -0.39 is 30.0 Å². The zero-order valence-corrected chi connectivity index (χ0v) is 20.3. The van der Waals surface area contributed by atoms with E-state index >= 15 is 0 Å². The quantitative estimate of drug-likeness (QED) is 0.649. The fourth-order valence-corrected chi connectivity index (χ4v) is 3.58. The van der Waals surface area contributed by atoms with Gasteiger partial charge in [0.2, 0.25) is 0 Å². The number of halogens is 1. The molecule has 1 aliphatic heterocycles. The lowest BCUT2D eigenvalue weighted by molar-refractivity contribution is 0.00578. The van der Waals surface area contributed by atoms with Crippen LogP contribution in [0.1, 0.15) is 65.2 Å². The van der Waals surface area contributed by atoms with E-state index in [9.17, 15) is 9.18 Å². The van der Waals surface area contributed by atoms with Gasteiger partial charge in [-0.1, -0.05) is 24.3 Å². The van der Waals surface area contributed by atoms with Gasteiger partial charge < -0.3 is 14.0 Å². The first-order chi connectivity index (χ1) is 14.7. The fourth-order valence-electron chi connectivity index (χ4n) is 3.58. The Bertz CT molecular complexity index is 997. The SMILES string of the molecule is Cc1c(NC(=O)OC(C)(C)C)ccc(B2OC(C)(C)C(C)(C)O2)c1Cc1ccccc1F. The molecule has 0 aliphatic carbocycles. The van der Waals surface area contributed by atoms with Crippen LogP contribution in [-0.4, -0.2) is 30.0 Å². The third-order valence-corrected chi connectivity index (χ3v) is 6.10. The van der Waals surface area contributed by atoms with Gasteiger partial charge in [0, 0.05) is 12.1 Å². The molecular formula is C25H33BFNO4. The Balaban J connectivity index is 2.02. The van der Waals surface area contributed by atoms with E-state index in [4.69, 9.17) is 14.0 Å². The molecule has 1 N–H and O–H groups in total. The maximum absolute atomic E-state index is 14.5. The molecule has 3 rings (SSSR count). The summed E-state index contributed by atoms with van der Waals surface area (Å²) in [5.41, 5.74) is 2.01. The van der Waals surface area contributed by atoms with Crippen molar-refractivity contribution in [3.05, 3.63) is 58.9 Å². The second-order valence-corrected chi connectivity index (χ2v) is 10.3. The average molecular weight is 441 g/mol. The number of rotatable bonds is 4. The predicted octanol–water partition coefficient (Wildman–Crippen LogP) is 5.37. The molecule has 0 radical (unpaired) electrons. The summed E-state index contributed by atoms with van der Waals surface area (Å²) in [5, 5.41) is 2.82. The molecule has 5 nitrogen and oxygen atoms in total. The van der Waals surface area contributed by atoms with Gasteiger partial charge in [0.1, 0.15) is 11.4 Å². The van der Waals surface area contributed by atoms with E-state index in [0.717, 1.165) is 16.6 Å². The molecule has 1 saturated heterocycles. The molecule has 0 aromatic heterocycles. The highest BCUT2D eigenvalue weighted by Gasteiger charge is 2.52. The van der Waals surface area contributed by atoms with Gasteiger partial charge in [0.15, 0.2) is 0 Å². The van der Waals surface area contributed by atoms with Crippen LogP contribution in [0.15, 0.2) is 36.4 Å². The van der Waals surface area contributed by atoms with Crippen LogP contribution in [0, 0.1) is 12.7 Å². The monoisotopic (exact) mass is 441 g/mol. The summed E-state index contributed by atoms with van der Waals surface area (Å²) in [4.78, 5) is 12.4. The standard InChI is InChI=1S/C25H33BFNO4/c1-16-18(15-17-11-9-10-12-20(17)27)19(26-31-24(5,6)25(7,8)32-26)13-14-21(16)28-22(29)30-23(2,3)4/h9-14H,15H2,1-8H3,(H,28,29). The van der Waals surface area contributed by atoms with E-state index in [-0.39, 0.29) is 5.82 Å². The predicted molar refractivity (Wildman–Crippen MR) is 126 cm³/mol. The van der Waals surface area contributed by atoms with E-state index in [1.54, 1.807) is 12.1 Å². The minimum Gasteiger partial charge on any atom is -0.444 e. The molecule has 0 atom stereocenters. The lowest BCUT2D eigenvalue weighted by Gasteiger charge is -2.32. The summed E-state index contributed by atoms with van der Waals surface area (Å²) >= 11 is 0. The largest absolute Gasteiger partial charge is 0.495 e. The average Bonchev–Trinajstić information content (AvgIpc) is 2.86. The first-order valence-electron chi connectivity index (χ1n) is 10.9. The molecule has 0 saturated carbocycles. The lowest BCUT2D eigenvalue weighted by Crippen LogP contribution is -2.41. The summed E-state index contributed by atoms with van der Waals surface area (Å²) in [6.07, 6.45) is -0.206. The van der Waals surface area contributed by atoms with Gasteiger partial charge in [-0.05, 0) is 89.7 Å². The fraction of sp³-hybridized carbons (Fsp3) is 0.480. The van der Waals surface area contributed by atoms with Crippen LogP contribution in [0.5, 0.6) is 0 Å². The number of carbonyl (C=O) groups is 1. The van der Waals surface area contributed by atoms with Crippen LogP contribution in [0.4, 0.5) is 14.9 Å². The number of anilines is 1. The zero-order valence-electron chi connectivity index (χ0n) is 20.3. The van der Waals surface area contributed by atoms with Crippen LogP contribution in [0.25, 0.3) is 0 Å². The highest BCUT2D eigenvalue weighted by Crippen LogP contribution is 2.37. The van der Waals surface area contributed by atoms with Crippen LogP contribution >= 0.6 is 0 Å². The number of ether oxygens (including phenoxy) is 1. The van der Waals surface area contributed by atoms with Gasteiger partial charge in [0.05, 0.1) is 11.2 Å². The van der Waals surface area contributed by atoms with Crippen LogP contribution in [-0.2, 0) is 20.5 Å². The molecule has 1 heterocycles. The third kappa shape index (κ3) is 5.16. The number of carbonyl (C=O) groups excluding carboxylic acids is 1. The minimum absolute atomic E-state index is 0.280. The summed E-state index contributed by atoms with van der Waals surface area (Å²) in [6, 6.07) is 10.4. The van der Waals surface area contributed by atoms with Gasteiger partial charge in [-0.3, -0.25) is 5.32 Å². The van der Waals surface area contributed by atoms with E-state index in [1.807, 2.05) is 73.6 Å². The van der Waals surface area contributed by atoms with Crippen molar-refractivity contribution in [2.45, 2.75) is 78.6 Å². The van der Waals surface area contributed by atoms with Crippen molar-refractivity contribution in [3.8, 4) is 0 Å². The second kappa shape index (κ2) is 8.52. The van der Waals surface area contributed by atoms with Gasteiger partial charge in [-0.15, -0.1) is 0 Å². The molecule has 2 aromatic rings. The molecule has 0 bridgehead atoms. The Hall–Kier alpha value is -2.38. The van der Waals surface area contributed by atoms with Crippen molar-refractivity contribution in [2.75, 3.05) is 5.32 Å². The first-order valence-corrected chi connectivity index (χ1v) is 10.9. The molecule has 1 aliphatic rings. The second-order valence-electron chi connectivity index (χ2n) is 10.3. The Morgan fingerprint density at radius 1 is 1.06 bits per heavy atom. The molecule has 32 heavy (non-hydrogen) atoms. The van der Waals surface area contributed by atoms with Crippen molar-refractivity contribution in [3.63, 3.8) is 0 Å². The normalized spacial score (nSPS) is 17.3. The van der Waals surface area contributed by atoms with Crippen molar-refractivity contribution in [1.82, 2.24) is 0 Å². The van der Waals surface area contributed by atoms with Crippen molar-refractivity contribution >= 4 is 24.4 Å². The summed E-state index contributed by atoms with van der Waals surface area (Å²) in [7, 11) is -0.601. The van der Waals surface area contributed by atoms with Crippen LogP contribution in [0.3, 0.4) is 0 Å². The lowest BCUT2D eigenvalue weighted by atomic mass is 9.73. The minimum atomic E-state index is -0.614. The Labute approximate surface area is 190 Å². The Morgan fingerprint density at radius 2 is 1.66 bits per heavy atom. The number of benzene rings is 2. The summed E-state index contributed by atoms with van der Waals surface area (Å²) in [5.74, 6) is -0.280. The van der Waals surface area contributed by atoms with Crippen molar-refractivity contribution < 1.29 is 23.2 Å². The zero-order chi connectivity index (χ0) is 23.9. The molecule has 7 heteroatoms. The van der Waals surface area contributed by atoms with Gasteiger partial charge in [-0.2, -0.15) is 0 Å². The van der Waals surface area contributed by atoms with Crippen molar-refractivity contribution in [2.24, 2.45) is 0 Å². The Morgan fingerprint density at radius 3 is 2.22 bits per heavy atom. The van der Waals surface area contributed by atoms with E-state index in [1.165, 1.54) is 6.07 Å². The topological polar surface area (TPSA) is 56.8 Å². The van der Waals surface area contributed by atoms with Crippen molar-refractivity contribution in [1.29, 1.82) is 0 Å². The maximum Gasteiger partial charge on any atom is 0.495 e. The van der Waals surface area contributed by atoms with Gasteiger partial charge in [0.25, 0.3) is 0 Å².